The number of carbonyl (C=O) groups excluding carboxylic acids is 1. The van der Waals surface area contributed by atoms with Crippen LogP contribution in [0.2, 0.25) is 4.47 Å². The third kappa shape index (κ3) is 4.81. The highest BCUT2D eigenvalue weighted by Gasteiger charge is 2.11. The van der Waals surface area contributed by atoms with E-state index in [2.05, 4.69) is 15.6 Å². The van der Waals surface area contributed by atoms with Crippen LogP contribution in [-0.4, -0.2) is 10.9 Å². The zero-order chi connectivity index (χ0) is 17.6. The molecule has 0 radical (unpaired) electrons. The van der Waals surface area contributed by atoms with Crippen LogP contribution in [0.3, 0.4) is 0 Å². The van der Waals surface area contributed by atoms with Crippen LogP contribution < -0.4 is 10.6 Å². The smallest absolute Gasteiger partial charge is 0.253 e. The maximum absolute atomic E-state index is 12.5. The second-order valence-electron chi connectivity index (χ2n) is 5.65. The van der Waals surface area contributed by atoms with Crippen molar-refractivity contribution in [2.45, 2.75) is 20.0 Å². The number of nitrogens with one attached hydrogen (secondary N) is 2. The van der Waals surface area contributed by atoms with Gasteiger partial charge in [0.25, 0.3) is 5.91 Å². The molecule has 1 aromatic heterocycles. The fourth-order valence-corrected chi connectivity index (χ4v) is 3.28. The maximum atomic E-state index is 12.5. The van der Waals surface area contributed by atoms with Gasteiger partial charge in [-0.2, -0.15) is 0 Å². The van der Waals surface area contributed by atoms with Gasteiger partial charge in [0, 0.05) is 23.3 Å². The lowest BCUT2D eigenvalue weighted by molar-refractivity contribution is 0.0951. The van der Waals surface area contributed by atoms with E-state index in [-0.39, 0.29) is 5.91 Å². The SMILES string of the molecule is Cc1ccc(CNC(=O)c2ccccc2NCc2cnc(Cl)s2)cc1. The van der Waals surface area contributed by atoms with E-state index in [0.717, 1.165) is 16.1 Å². The van der Waals surface area contributed by atoms with Crippen LogP contribution in [-0.2, 0) is 13.1 Å². The number of aryl methyl sites for hydroxylation is 1. The van der Waals surface area contributed by atoms with Crippen molar-refractivity contribution >= 4 is 34.5 Å². The zero-order valence-corrected chi connectivity index (χ0v) is 15.3. The molecule has 1 amide bonds. The average Bonchev–Trinajstić information content (AvgIpc) is 3.05. The first-order chi connectivity index (χ1) is 12.1. The molecule has 0 saturated carbocycles. The Bertz CT molecular complexity index is 861. The van der Waals surface area contributed by atoms with Gasteiger partial charge in [-0.05, 0) is 24.6 Å². The number of amides is 1. The van der Waals surface area contributed by atoms with E-state index in [0.29, 0.717) is 23.1 Å². The molecule has 3 aromatic rings. The standard InChI is InChI=1S/C19H18ClN3OS/c1-13-6-8-14(9-7-13)10-22-18(24)16-4-2-3-5-17(16)21-11-15-12-23-19(20)25-15/h2-9,12,21H,10-11H2,1H3,(H,22,24). The topological polar surface area (TPSA) is 54.0 Å². The Morgan fingerprint density at radius 2 is 1.88 bits per heavy atom. The summed E-state index contributed by atoms with van der Waals surface area (Å²) in [6.07, 6.45) is 1.74. The van der Waals surface area contributed by atoms with Crippen molar-refractivity contribution in [1.82, 2.24) is 10.3 Å². The molecule has 0 fully saturated rings. The van der Waals surface area contributed by atoms with Gasteiger partial charge in [-0.1, -0.05) is 53.6 Å². The molecule has 1 heterocycles. The van der Waals surface area contributed by atoms with Gasteiger partial charge in [0.2, 0.25) is 0 Å². The molecule has 128 valence electrons. The molecule has 3 rings (SSSR count). The number of aromatic nitrogens is 1. The molecule has 0 aliphatic rings. The van der Waals surface area contributed by atoms with Crippen molar-refractivity contribution in [2.24, 2.45) is 0 Å². The number of hydrogen-bond acceptors (Lipinski definition) is 4. The molecular formula is C19H18ClN3OS. The first kappa shape index (κ1) is 17.5. The molecule has 0 saturated heterocycles. The molecule has 2 aromatic carbocycles. The third-order valence-corrected chi connectivity index (χ3v) is 4.84. The second kappa shape index (κ2) is 8.14. The monoisotopic (exact) mass is 371 g/mol. The summed E-state index contributed by atoms with van der Waals surface area (Å²) < 4.78 is 0.515. The van der Waals surface area contributed by atoms with Crippen molar-refractivity contribution in [1.29, 1.82) is 0 Å². The number of rotatable bonds is 6. The quantitative estimate of drug-likeness (QED) is 0.663. The highest BCUT2D eigenvalue weighted by Crippen LogP contribution is 2.21. The summed E-state index contributed by atoms with van der Waals surface area (Å²) in [6.45, 7) is 3.12. The highest BCUT2D eigenvalue weighted by molar-refractivity contribution is 7.15. The fourth-order valence-electron chi connectivity index (χ4n) is 2.37. The Kier molecular flexibility index (Phi) is 5.68. The molecule has 4 nitrogen and oxygen atoms in total. The molecule has 0 aliphatic carbocycles. The minimum Gasteiger partial charge on any atom is -0.379 e. The van der Waals surface area contributed by atoms with Gasteiger partial charge in [0.15, 0.2) is 4.47 Å². The van der Waals surface area contributed by atoms with Crippen LogP contribution in [0, 0.1) is 6.92 Å². The number of hydrogen-bond donors (Lipinski definition) is 2. The minimum absolute atomic E-state index is 0.106. The van der Waals surface area contributed by atoms with Crippen LogP contribution in [0.25, 0.3) is 0 Å². The van der Waals surface area contributed by atoms with Crippen molar-refractivity contribution in [3.63, 3.8) is 0 Å². The third-order valence-electron chi connectivity index (χ3n) is 3.72. The number of para-hydroxylation sites is 1. The van der Waals surface area contributed by atoms with Crippen molar-refractivity contribution in [2.75, 3.05) is 5.32 Å². The summed E-state index contributed by atoms with van der Waals surface area (Å²) in [6, 6.07) is 15.6. The van der Waals surface area contributed by atoms with E-state index in [1.807, 2.05) is 55.5 Å². The highest BCUT2D eigenvalue weighted by atomic mass is 35.5. The molecule has 2 N–H and O–H groups in total. The molecule has 0 unspecified atom stereocenters. The van der Waals surface area contributed by atoms with Crippen LogP contribution in [0.5, 0.6) is 0 Å². The van der Waals surface area contributed by atoms with Gasteiger partial charge in [-0.15, -0.1) is 11.3 Å². The summed E-state index contributed by atoms with van der Waals surface area (Å²) in [5.41, 5.74) is 3.68. The Hall–Kier alpha value is -2.37. The van der Waals surface area contributed by atoms with Crippen LogP contribution >= 0.6 is 22.9 Å². The summed E-state index contributed by atoms with van der Waals surface area (Å²) >= 11 is 7.27. The lowest BCUT2D eigenvalue weighted by Gasteiger charge is -2.12. The van der Waals surface area contributed by atoms with Crippen LogP contribution in [0.1, 0.15) is 26.4 Å². The molecular weight excluding hydrogens is 354 g/mol. The van der Waals surface area contributed by atoms with Crippen LogP contribution in [0.4, 0.5) is 5.69 Å². The number of thiazole rings is 1. The van der Waals surface area contributed by atoms with Gasteiger partial charge in [0.1, 0.15) is 0 Å². The van der Waals surface area contributed by atoms with Gasteiger partial charge in [-0.3, -0.25) is 4.79 Å². The summed E-state index contributed by atoms with van der Waals surface area (Å²) in [4.78, 5) is 17.6. The number of carbonyl (C=O) groups is 1. The Morgan fingerprint density at radius 3 is 2.60 bits per heavy atom. The summed E-state index contributed by atoms with van der Waals surface area (Å²) in [7, 11) is 0. The van der Waals surface area contributed by atoms with E-state index in [1.165, 1.54) is 16.9 Å². The Balaban J connectivity index is 1.64. The van der Waals surface area contributed by atoms with Gasteiger partial charge >= 0.3 is 0 Å². The predicted molar refractivity (Wildman–Crippen MR) is 103 cm³/mol. The van der Waals surface area contributed by atoms with Gasteiger partial charge in [0.05, 0.1) is 12.1 Å². The summed E-state index contributed by atoms with van der Waals surface area (Å²) in [5.74, 6) is -0.106. The van der Waals surface area contributed by atoms with Crippen molar-refractivity contribution < 1.29 is 4.79 Å². The van der Waals surface area contributed by atoms with E-state index >= 15 is 0 Å². The molecule has 6 heteroatoms. The normalized spacial score (nSPS) is 10.5. The second-order valence-corrected chi connectivity index (χ2v) is 7.34. The lowest BCUT2D eigenvalue weighted by Crippen LogP contribution is -2.23. The van der Waals surface area contributed by atoms with Crippen molar-refractivity contribution in [3.05, 3.63) is 80.8 Å². The van der Waals surface area contributed by atoms with Gasteiger partial charge < -0.3 is 10.6 Å². The van der Waals surface area contributed by atoms with E-state index in [4.69, 9.17) is 11.6 Å². The Morgan fingerprint density at radius 1 is 1.12 bits per heavy atom. The average molecular weight is 372 g/mol. The number of nitrogens with zero attached hydrogens (tertiary/aromatic N) is 1. The summed E-state index contributed by atoms with van der Waals surface area (Å²) in [5, 5.41) is 6.25. The van der Waals surface area contributed by atoms with Crippen molar-refractivity contribution in [3.8, 4) is 0 Å². The number of halogens is 1. The lowest BCUT2D eigenvalue weighted by atomic mass is 10.1. The van der Waals surface area contributed by atoms with E-state index in [9.17, 15) is 4.79 Å². The Labute approximate surface area is 155 Å². The predicted octanol–water partition coefficient (Wildman–Crippen LogP) is 4.65. The zero-order valence-electron chi connectivity index (χ0n) is 13.8. The minimum atomic E-state index is -0.106. The van der Waals surface area contributed by atoms with E-state index < -0.39 is 0 Å². The molecule has 25 heavy (non-hydrogen) atoms. The number of anilines is 1. The fraction of sp³-hybridized carbons (Fsp3) is 0.158. The molecule has 0 bridgehead atoms. The first-order valence-corrected chi connectivity index (χ1v) is 9.08. The van der Waals surface area contributed by atoms with Crippen LogP contribution in [0.15, 0.2) is 54.7 Å². The largest absolute Gasteiger partial charge is 0.379 e. The number of benzene rings is 2. The first-order valence-electron chi connectivity index (χ1n) is 7.88. The molecule has 0 atom stereocenters. The molecule has 0 spiro atoms. The van der Waals surface area contributed by atoms with E-state index in [1.54, 1.807) is 6.20 Å². The molecule has 0 aliphatic heterocycles. The van der Waals surface area contributed by atoms with Gasteiger partial charge in [-0.25, -0.2) is 4.98 Å². The maximum Gasteiger partial charge on any atom is 0.253 e.